The molecule has 3 rings (SSSR count). The molecule has 182 valence electrons. The summed E-state index contributed by atoms with van der Waals surface area (Å²) in [6.07, 6.45) is 6.30. The van der Waals surface area contributed by atoms with Gasteiger partial charge in [-0.1, -0.05) is 49.6 Å². The monoisotopic (exact) mass is 469 g/mol. The molecule has 1 aliphatic carbocycles. The van der Waals surface area contributed by atoms with E-state index in [1.54, 1.807) is 43.3 Å². The summed E-state index contributed by atoms with van der Waals surface area (Å²) in [6.45, 7) is 0.957. The Morgan fingerprint density at radius 1 is 1.06 bits per heavy atom. The molecule has 1 aromatic carbocycles. The van der Waals surface area contributed by atoms with E-state index in [9.17, 15) is 19.2 Å². The first-order valence-corrected chi connectivity index (χ1v) is 11.6. The summed E-state index contributed by atoms with van der Waals surface area (Å²) < 4.78 is 10.1. The minimum atomic E-state index is -1.06. The number of hydrogen-bond donors (Lipinski definition) is 2. The van der Waals surface area contributed by atoms with E-state index in [1.165, 1.54) is 12.3 Å². The first-order valence-electron chi connectivity index (χ1n) is 11.6. The van der Waals surface area contributed by atoms with Crippen LogP contribution in [0.25, 0.3) is 0 Å². The summed E-state index contributed by atoms with van der Waals surface area (Å²) in [5, 5.41) is 5.55. The number of benzene rings is 1. The zero-order chi connectivity index (χ0) is 24.3. The molecule has 0 unspecified atom stereocenters. The number of carbonyl (C=O) groups excluding carboxylic acids is 4. The van der Waals surface area contributed by atoms with Crippen LogP contribution in [-0.4, -0.2) is 54.3 Å². The van der Waals surface area contributed by atoms with Crippen molar-refractivity contribution in [2.24, 2.45) is 0 Å². The third-order valence-electron chi connectivity index (χ3n) is 5.70. The van der Waals surface area contributed by atoms with Gasteiger partial charge in [0.05, 0.1) is 19.4 Å². The molecule has 34 heavy (non-hydrogen) atoms. The highest BCUT2D eigenvalue weighted by Gasteiger charge is 2.34. The molecule has 1 aromatic heterocycles. The Morgan fingerprint density at radius 3 is 2.44 bits per heavy atom. The van der Waals surface area contributed by atoms with Crippen molar-refractivity contribution >= 4 is 23.7 Å². The number of furan rings is 1. The molecule has 9 heteroatoms. The largest absolute Gasteiger partial charge is 0.465 e. The molecular weight excluding hydrogens is 438 g/mol. The molecule has 2 aromatic rings. The van der Waals surface area contributed by atoms with Crippen LogP contribution in [0, 0.1) is 0 Å². The topological polar surface area (TPSA) is 118 Å². The van der Waals surface area contributed by atoms with Gasteiger partial charge in [0, 0.05) is 6.04 Å². The second-order valence-electron chi connectivity index (χ2n) is 8.14. The molecule has 0 radical (unpaired) electrons. The van der Waals surface area contributed by atoms with Crippen LogP contribution in [0.15, 0.2) is 53.1 Å². The Labute approximate surface area is 198 Å². The van der Waals surface area contributed by atoms with Crippen molar-refractivity contribution in [1.82, 2.24) is 15.5 Å². The van der Waals surface area contributed by atoms with Crippen LogP contribution in [0.1, 0.15) is 61.2 Å². The fourth-order valence-electron chi connectivity index (χ4n) is 4.06. The summed E-state index contributed by atoms with van der Waals surface area (Å²) in [5.41, 5.74) is 0.561. The molecule has 0 saturated heterocycles. The van der Waals surface area contributed by atoms with E-state index >= 15 is 0 Å². The standard InChI is InChI=1S/C25H31N3O6/c1-2-33-22(30)17-28(21(29)16-26-24(31)20-14-9-15-34-20)23(18-10-5-3-6-11-18)25(32)27-19-12-7-4-8-13-19/h3,5-6,9-11,14-15,19,23H,2,4,7-8,12-13,16-17H2,1H3,(H,26,31)(H,27,32)/t23-/m0/s1. The van der Waals surface area contributed by atoms with Gasteiger partial charge in [0.15, 0.2) is 5.76 Å². The average Bonchev–Trinajstić information content (AvgIpc) is 3.39. The Kier molecular flexibility index (Phi) is 9.25. The number of nitrogens with one attached hydrogen (secondary N) is 2. The van der Waals surface area contributed by atoms with E-state index in [0.29, 0.717) is 5.56 Å². The molecule has 1 heterocycles. The van der Waals surface area contributed by atoms with Crippen molar-refractivity contribution in [1.29, 1.82) is 0 Å². The lowest BCUT2D eigenvalue weighted by Gasteiger charge is -2.32. The Hall–Kier alpha value is -3.62. The van der Waals surface area contributed by atoms with Crippen molar-refractivity contribution < 1.29 is 28.3 Å². The smallest absolute Gasteiger partial charge is 0.325 e. The number of amides is 3. The number of nitrogens with zero attached hydrogens (tertiary/aromatic N) is 1. The summed E-state index contributed by atoms with van der Waals surface area (Å²) in [4.78, 5) is 52.5. The van der Waals surface area contributed by atoms with Gasteiger partial charge < -0.3 is 24.7 Å². The molecule has 0 aliphatic heterocycles. The van der Waals surface area contributed by atoms with Gasteiger partial charge in [0.25, 0.3) is 5.91 Å². The lowest BCUT2D eigenvalue weighted by Crippen LogP contribution is -2.51. The van der Waals surface area contributed by atoms with Crippen LogP contribution >= 0.6 is 0 Å². The second-order valence-corrected chi connectivity index (χ2v) is 8.14. The maximum atomic E-state index is 13.5. The molecule has 0 spiro atoms. The predicted octanol–water partition coefficient (Wildman–Crippen LogP) is 2.59. The van der Waals surface area contributed by atoms with E-state index in [-0.39, 0.29) is 24.3 Å². The highest BCUT2D eigenvalue weighted by molar-refractivity contribution is 5.96. The van der Waals surface area contributed by atoms with Gasteiger partial charge in [-0.05, 0) is 37.5 Å². The molecule has 1 aliphatic rings. The fourth-order valence-corrected chi connectivity index (χ4v) is 4.06. The summed E-state index contributed by atoms with van der Waals surface area (Å²) in [7, 11) is 0. The lowest BCUT2D eigenvalue weighted by molar-refractivity contribution is -0.152. The third kappa shape index (κ3) is 6.94. The van der Waals surface area contributed by atoms with Gasteiger partial charge in [0.2, 0.25) is 11.8 Å². The van der Waals surface area contributed by atoms with Gasteiger partial charge in [-0.15, -0.1) is 0 Å². The van der Waals surface area contributed by atoms with Crippen LogP contribution in [0.2, 0.25) is 0 Å². The maximum Gasteiger partial charge on any atom is 0.325 e. The zero-order valence-electron chi connectivity index (χ0n) is 19.3. The van der Waals surface area contributed by atoms with Gasteiger partial charge >= 0.3 is 5.97 Å². The van der Waals surface area contributed by atoms with Crippen LogP contribution in [0.4, 0.5) is 0 Å². The first-order chi connectivity index (χ1) is 16.5. The van der Waals surface area contributed by atoms with Crippen molar-refractivity contribution in [3.8, 4) is 0 Å². The lowest BCUT2D eigenvalue weighted by atomic mass is 9.94. The highest BCUT2D eigenvalue weighted by atomic mass is 16.5. The van der Waals surface area contributed by atoms with Gasteiger partial charge in [-0.25, -0.2) is 0 Å². The highest BCUT2D eigenvalue weighted by Crippen LogP contribution is 2.24. The van der Waals surface area contributed by atoms with Gasteiger partial charge in [0.1, 0.15) is 12.6 Å². The molecule has 1 atom stereocenters. The van der Waals surface area contributed by atoms with Crippen LogP contribution in [0.3, 0.4) is 0 Å². The summed E-state index contributed by atoms with van der Waals surface area (Å²) >= 11 is 0. The third-order valence-corrected chi connectivity index (χ3v) is 5.70. The van der Waals surface area contributed by atoms with E-state index in [1.807, 2.05) is 0 Å². The first kappa shape index (κ1) is 25.0. The quantitative estimate of drug-likeness (QED) is 0.517. The van der Waals surface area contributed by atoms with Crippen molar-refractivity contribution in [3.63, 3.8) is 0 Å². The molecule has 0 bridgehead atoms. The molecule has 1 fully saturated rings. The minimum absolute atomic E-state index is 0.0191. The summed E-state index contributed by atoms with van der Waals surface area (Å²) in [6, 6.07) is 10.8. The van der Waals surface area contributed by atoms with Crippen LogP contribution in [-0.2, 0) is 19.1 Å². The van der Waals surface area contributed by atoms with Crippen molar-refractivity contribution in [3.05, 3.63) is 60.1 Å². The zero-order valence-corrected chi connectivity index (χ0v) is 19.3. The van der Waals surface area contributed by atoms with Crippen molar-refractivity contribution in [2.45, 2.75) is 51.1 Å². The molecular formula is C25H31N3O6. The van der Waals surface area contributed by atoms with Crippen LogP contribution in [0.5, 0.6) is 0 Å². The molecule has 2 N–H and O–H groups in total. The average molecular weight is 470 g/mol. The Bertz CT molecular complexity index is 954. The number of hydrogen-bond acceptors (Lipinski definition) is 6. The Morgan fingerprint density at radius 2 is 1.79 bits per heavy atom. The van der Waals surface area contributed by atoms with Gasteiger partial charge in [-0.2, -0.15) is 0 Å². The maximum absolute atomic E-state index is 13.5. The van der Waals surface area contributed by atoms with E-state index < -0.39 is 36.9 Å². The second kappa shape index (κ2) is 12.6. The number of esters is 1. The SMILES string of the molecule is CCOC(=O)CN(C(=O)CNC(=O)c1ccco1)[C@H](C(=O)NC1CCCCC1)c1ccccc1. The molecule has 1 saturated carbocycles. The number of carbonyl (C=O) groups is 4. The summed E-state index contributed by atoms with van der Waals surface area (Å²) in [5.74, 6) is -2.12. The minimum Gasteiger partial charge on any atom is -0.465 e. The Balaban J connectivity index is 1.83. The number of rotatable bonds is 10. The van der Waals surface area contributed by atoms with Gasteiger partial charge in [-0.3, -0.25) is 19.2 Å². The van der Waals surface area contributed by atoms with E-state index in [4.69, 9.17) is 9.15 Å². The van der Waals surface area contributed by atoms with Crippen molar-refractivity contribution in [2.75, 3.05) is 19.7 Å². The fraction of sp³-hybridized carbons (Fsp3) is 0.440. The van der Waals surface area contributed by atoms with E-state index in [2.05, 4.69) is 10.6 Å². The predicted molar refractivity (Wildman–Crippen MR) is 124 cm³/mol. The molecule has 9 nitrogen and oxygen atoms in total. The van der Waals surface area contributed by atoms with E-state index in [0.717, 1.165) is 37.0 Å². The molecule has 3 amide bonds. The van der Waals surface area contributed by atoms with Crippen LogP contribution < -0.4 is 10.6 Å². The normalized spacial score (nSPS) is 14.6. The number of ether oxygens (including phenoxy) is 1.